The molecule has 0 saturated heterocycles. The molecule has 0 fully saturated rings. The van der Waals surface area contributed by atoms with Crippen molar-refractivity contribution in [1.82, 2.24) is 0 Å². The smallest absolute Gasteiger partial charge is 0.152 e. The van der Waals surface area contributed by atoms with Crippen molar-refractivity contribution < 1.29 is 13.9 Å². The summed E-state index contributed by atoms with van der Waals surface area (Å²) in [6.45, 7) is 0. The first-order chi connectivity index (χ1) is 6.67. The molecule has 0 amide bonds. The van der Waals surface area contributed by atoms with Gasteiger partial charge in [0.1, 0.15) is 11.6 Å². The van der Waals surface area contributed by atoms with Crippen LogP contribution in [-0.2, 0) is 11.2 Å². The number of Topliss-reactive ketones (excluding diaryl/α,β-unsaturated/α-hetero) is 1. The van der Waals surface area contributed by atoms with Gasteiger partial charge >= 0.3 is 0 Å². The van der Waals surface area contributed by atoms with Gasteiger partial charge in [-0.25, -0.2) is 4.39 Å². The minimum atomic E-state index is -0.442. The van der Waals surface area contributed by atoms with Crippen LogP contribution in [0.25, 0.3) is 0 Å². The third kappa shape index (κ3) is 2.70. The summed E-state index contributed by atoms with van der Waals surface area (Å²) in [5.74, 6) is -0.297. The van der Waals surface area contributed by atoms with Crippen LogP contribution in [0.2, 0.25) is 0 Å². The molecule has 0 aromatic heterocycles. The van der Waals surface area contributed by atoms with Crippen molar-refractivity contribution in [3.05, 3.63) is 29.6 Å². The van der Waals surface area contributed by atoms with Crippen molar-refractivity contribution >= 4 is 17.4 Å². The lowest BCUT2D eigenvalue weighted by Crippen LogP contribution is -2.05. The maximum atomic E-state index is 13.3. The number of rotatable bonds is 4. The number of carbonyl (C=O) groups excluding carboxylic acids is 1. The van der Waals surface area contributed by atoms with Gasteiger partial charge in [-0.2, -0.15) is 0 Å². The molecule has 76 valence electrons. The largest absolute Gasteiger partial charge is 0.497 e. The molecule has 1 aromatic rings. The van der Waals surface area contributed by atoms with E-state index < -0.39 is 5.82 Å². The van der Waals surface area contributed by atoms with Crippen LogP contribution >= 0.6 is 11.6 Å². The number of ketones is 1. The van der Waals surface area contributed by atoms with Gasteiger partial charge in [-0.1, -0.05) is 6.07 Å². The van der Waals surface area contributed by atoms with E-state index in [4.69, 9.17) is 16.3 Å². The Bertz CT molecular complexity index is 339. The van der Waals surface area contributed by atoms with Gasteiger partial charge in [-0.15, -0.1) is 11.6 Å². The fourth-order valence-corrected chi connectivity index (χ4v) is 1.15. The van der Waals surface area contributed by atoms with Crippen molar-refractivity contribution in [2.45, 2.75) is 6.42 Å². The van der Waals surface area contributed by atoms with Gasteiger partial charge in [0.15, 0.2) is 5.78 Å². The summed E-state index contributed by atoms with van der Waals surface area (Å²) < 4.78 is 18.1. The number of ether oxygens (including phenoxy) is 1. The normalized spacial score (nSPS) is 9.93. The Hall–Kier alpha value is -1.09. The van der Waals surface area contributed by atoms with Crippen LogP contribution in [0.4, 0.5) is 4.39 Å². The Morgan fingerprint density at radius 2 is 2.29 bits per heavy atom. The van der Waals surface area contributed by atoms with E-state index in [0.717, 1.165) is 0 Å². The minimum Gasteiger partial charge on any atom is -0.497 e. The van der Waals surface area contributed by atoms with Gasteiger partial charge in [0.05, 0.1) is 13.0 Å². The Morgan fingerprint density at radius 3 is 2.79 bits per heavy atom. The van der Waals surface area contributed by atoms with Crippen LogP contribution in [0.5, 0.6) is 5.75 Å². The van der Waals surface area contributed by atoms with Crippen LogP contribution in [0.3, 0.4) is 0 Å². The molecule has 0 radical (unpaired) electrons. The predicted octanol–water partition coefficient (Wildman–Crippen LogP) is 2.18. The van der Waals surface area contributed by atoms with Crippen LogP contribution in [0.15, 0.2) is 18.2 Å². The highest BCUT2D eigenvalue weighted by Gasteiger charge is 2.08. The lowest BCUT2D eigenvalue weighted by molar-refractivity contribution is -0.116. The lowest BCUT2D eigenvalue weighted by atomic mass is 10.1. The molecule has 0 atom stereocenters. The van der Waals surface area contributed by atoms with Crippen molar-refractivity contribution in [3.8, 4) is 5.75 Å². The van der Waals surface area contributed by atoms with Crippen LogP contribution in [0.1, 0.15) is 5.56 Å². The number of carbonyl (C=O) groups is 1. The fraction of sp³-hybridized carbons (Fsp3) is 0.300. The number of alkyl halides is 1. The molecule has 0 bridgehead atoms. The zero-order valence-electron chi connectivity index (χ0n) is 7.72. The molecule has 0 spiro atoms. The number of benzene rings is 1. The second kappa shape index (κ2) is 4.96. The molecule has 1 rings (SSSR count). The van der Waals surface area contributed by atoms with Crippen molar-refractivity contribution in [1.29, 1.82) is 0 Å². The zero-order valence-corrected chi connectivity index (χ0v) is 8.47. The van der Waals surface area contributed by atoms with E-state index in [1.807, 2.05) is 0 Å². The first-order valence-electron chi connectivity index (χ1n) is 4.07. The molecule has 2 nitrogen and oxygen atoms in total. The Balaban J connectivity index is 2.83. The minimum absolute atomic E-state index is 0.0271. The van der Waals surface area contributed by atoms with Crippen LogP contribution in [0, 0.1) is 5.82 Å². The summed E-state index contributed by atoms with van der Waals surface area (Å²) in [4.78, 5) is 11.0. The maximum Gasteiger partial charge on any atom is 0.152 e. The third-order valence-corrected chi connectivity index (χ3v) is 2.09. The van der Waals surface area contributed by atoms with Gasteiger partial charge in [0, 0.05) is 12.5 Å². The fourth-order valence-electron chi connectivity index (χ4n) is 1.06. The van der Waals surface area contributed by atoms with Gasteiger partial charge in [-0.05, 0) is 11.6 Å². The standard InChI is InChI=1S/C10H10ClFO2/c1-14-9-3-2-7(10(12)5-9)4-8(13)6-11/h2-3,5H,4,6H2,1H3. The van der Waals surface area contributed by atoms with E-state index in [1.54, 1.807) is 6.07 Å². The monoisotopic (exact) mass is 216 g/mol. The molecule has 14 heavy (non-hydrogen) atoms. The van der Waals surface area contributed by atoms with Crippen molar-refractivity contribution in [2.24, 2.45) is 0 Å². The number of hydrogen-bond donors (Lipinski definition) is 0. The third-order valence-electron chi connectivity index (χ3n) is 1.80. The summed E-state index contributed by atoms with van der Waals surface area (Å²) in [6.07, 6.45) is 0.0271. The van der Waals surface area contributed by atoms with E-state index in [-0.39, 0.29) is 18.1 Å². The highest BCUT2D eigenvalue weighted by atomic mass is 35.5. The summed E-state index contributed by atoms with van der Waals surface area (Å²) in [5.41, 5.74) is 0.344. The highest BCUT2D eigenvalue weighted by Crippen LogP contribution is 2.16. The van der Waals surface area contributed by atoms with Gasteiger partial charge < -0.3 is 4.74 Å². The SMILES string of the molecule is COc1ccc(CC(=O)CCl)c(F)c1. The van der Waals surface area contributed by atoms with E-state index in [9.17, 15) is 9.18 Å². The first kappa shape index (κ1) is 11.0. The quantitative estimate of drug-likeness (QED) is 0.722. The summed E-state index contributed by atoms with van der Waals surface area (Å²) in [6, 6.07) is 4.38. The summed E-state index contributed by atoms with van der Waals surface area (Å²) in [5, 5.41) is 0. The summed E-state index contributed by atoms with van der Waals surface area (Å²) >= 11 is 5.32. The van der Waals surface area contributed by atoms with Crippen molar-refractivity contribution in [3.63, 3.8) is 0 Å². The molecule has 0 aliphatic rings. The Morgan fingerprint density at radius 1 is 1.57 bits per heavy atom. The molecule has 0 aliphatic heterocycles. The Kier molecular flexibility index (Phi) is 3.89. The zero-order chi connectivity index (χ0) is 10.6. The van der Waals surface area contributed by atoms with Gasteiger partial charge in [-0.3, -0.25) is 4.79 Å². The average Bonchev–Trinajstić information content (AvgIpc) is 2.20. The Labute approximate surface area is 86.6 Å². The molecular weight excluding hydrogens is 207 g/mol. The first-order valence-corrected chi connectivity index (χ1v) is 4.61. The average molecular weight is 217 g/mol. The van der Waals surface area contributed by atoms with E-state index in [0.29, 0.717) is 11.3 Å². The molecule has 0 saturated carbocycles. The molecule has 1 aromatic carbocycles. The van der Waals surface area contributed by atoms with Crippen LogP contribution in [-0.4, -0.2) is 18.8 Å². The molecule has 0 unspecified atom stereocenters. The van der Waals surface area contributed by atoms with Gasteiger partial charge in [0.2, 0.25) is 0 Å². The van der Waals surface area contributed by atoms with E-state index in [1.165, 1.54) is 19.2 Å². The second-order valence-electron chi connectivity index (χ2n) is 2.81. The topological polar surface area (TPSA) is 26.3 Å². The second-order valence-corrected chi connectivity index (χ2v) is 3.07. The highest BCUT2D eigenvalue weighted by molar-refractivity contribution is 6.27. The maximum absolute atomic E-state index is 13.3. The summed E-state index contributed by atoms with van der Waals surface area (Å²) in [7, 11) is 1.46. The van der Waals surface area contributed by atoms with Crippen LogP contribution < -0.4 is 4.74 Å². The number of hydrogen-bond acceptors (Lipinski definition) is 2. The van der Waals surface area contributed by atoms with E-state index in [2.05, 4.69) is 0 Å². The molecule has 0 heterocycles. The molecule has 0 aliphatic carbocycles. The predicted molar refractivity (Wildman–Crippen MR) is 52.4 cm³/mol. The molecule has 0 N–H and O–H groups in total. The van der Waals surface area contributed by atoms with E-state index >= 15 is 0 Å². The number of halogens is 2. The van der Waals surface area contributed by atoms with Gasteiger partial charge in [0.25, 0.3) is 0 Å². The molecular formula is C10H10ClFO2. The molecule has 4 heteroatoms. The number of methoxy groups -OCH3 is 1. The van der Waals surface area contributed by atoms with Crippen molar-refractivity contribution in [2.75, 3.05) is 13.0 Å². The lowest BCUT2D eigenvalue weighted by Gasteiger charge is -2.03.